The number of hydrogen-bond donors (Lipinski definition) is 1. The third kappa shape index (κ3) is 3.10. The van der Waals surface area contributed by atoms with E-state index >= 15 is 0 Å². The fourth-order valence-corrected chi connectivity index (χ4v) is 2.25. The summed E-state index contributed by atoms with van der Waals surface area (Å²) in [5, 5.41) is 10.4. The minimum atomic E-state index is -0.821. The van der Waals surface area contributed by atoms with Crippen LogP contribution in [0.4, 0.5) is 0 Å². The smallest absolute Gasteiger partial charge is 0.311 e. The maximum Gasteiger partial charge on any atom is 0.311 e. The average Bonchev–Trinajstić information content (AvgIpc) is 2.28. The molecule has 0 saturated heterocycles. The second kappa shape index (κ2) is 6.01. The molecule has 1 N–H and O–H groups in total. The zero-order valence-corrected chi connectivity index (χ0v) is 11.7. The van der Waals surface area contributed by atoms with Crippen LogP contribution in [-0.2, 0) is 9.53 Å². The Morgan fingerprint density at radius 1 is 1.28 bits per heavy atom. The molecule has 3 nitrogen and oxygen atoms in total. The first-order valence-corrected chi connectivity index (χ1v) is 6.21. The number of rotatable bonds is 4. The molecular weight excluding hydrogens is 228 g/mol. The van der Waals surface area contributed by atoms with E-state index in [-0.39, 0.29) is 11.9 Å². The fourth-order valence-electron chi connectivity index (χ4n) is 2.25. The van der Waals surface area contributed by atoms with Crippen molar-refractivity contribution in [1.29, 1.82) is 0 Å². The monoisotopic (exact) mass is 250 g/mol. The summed E-state index contributed by atoms with van der Waals surface area (Å²) in [6.07, 6.45) is -0.821. The summed E-state index contributed by atoms with van der Waals surface area (Å²) < 4.78 is 4.78. The zero-order chi connectivity index (χ0) is 13.9. The van der Waals surface area contributed by atoms with Gasteiger partial charge in [-0.3, -0.25) is 4.79 Å². The molecule has 3 heteroatoms. The summed E-state index contributed by atoms with van der Waals surface area (Å²) in [5.74, 6) is -0.873. The Morgan fingerprint density at radius 2 is 1.89 bits per heavy atom. The van der Waals surface area contributed by atoms with Gasteiger partial charge in [0.1, 0.15) is 0 Å². The van der Waals surface area contributed by atoms with E-state index < -0.39 is 12.0 Å². The first-order valence-electron chi connectivity index (χ1n) is 6.21. The first kappa shape index (κ1) is 14.7. The third-order valence-electron chi connectivity index (χ3n) is 3.28. The maximum absolute atomic E-state index is 11.8. The van der Waals surface area contributed by atoms with Gasteiger partial charge in [-0.05, 0) is 30.9 Å². The molecule has 0 aliphatic rings. The molecule has 0 fully saturated rings. The van der Waals surface area contributed by atoms with Crippen molar-refractivity contribution in [2.75, 3.05) is 7.11 Å². The molecule has 0 amide bonds. The largest absolute Gasteiger partial charge is 0.469 e. The number of aliphatic hydroxyl groups is 1. The van der Waals surface area contributed by atoms with Crippen molar-refractivity contribution in [2.24, 2.45) is 11.8 Å². The van der Waals surface area contributed by atoms with E-state index in [1.54, 1.807) is 0 Å². The van der Waals surface area contributed by atoms with Crippen LogP contribution < -0.4 is 0 Å². The van der Waals surface area contributed by atoms with Gasteiger partial charge < -0.3 is 9.84 Å². The molecule has 0 saturated carbocycles. The first-order chi connectivity index (χ1) is 8.38. The van der Waals surface area contributed by atoms with Gasteiger partial charge in [0.05, 0.1) is 19.1 Å². The number of methoxy groups -OCH3 is 1. The summed E-state index contributed by atoms with van der Waals surface area (Å²) in [7, 11) is 1.35. The Balaban J connectivity index is 3.09. The Labute approximate surface area is 109 Å². The van der Waals surface area contributed by atoms with Gasteiger partial charge in [0, 0.05) is 0 Å². The highest BCUT2D eigenvalue weighted by Gasteiger charge is 2.32. The Hall–Kier alpha value is -1.35. The van der Waals surface area contributed by atoms with E-state index in [1.165, 1.54) is 7.11 Å². The molecular formula is C15H22O3. The topological polar surface area (TPSA) is 46.5 Å². The van der Waals surface area contributed by atoms with Crippen molar-refractivity contribution >= 4 is 5.97 Å². The van der Waals surface area contributed by atoms with Crippen LogP contribution in [0.2, 0.25) is 0 Å². The lowest BCUT2D eigenvalue weighted by atomic mass is 9.85. The number of hydrogen-bond acceptors (Lipinski definition) is 3. The lowest BCUT2D eigenvalue weighted by Crippen LogP contribution is -2.28. The number of carbonyl (C=O) groups is 1. The van der Waals surface area contributed by atoms with Gasteiger partial charge in [0.15, 0.2) is 0 Å². The predicted molar refractivity (Wildman–Crippen MR) is 71.2 cm³/mol. The highest BCUT2D eigenvalue weighted by molar-refractivity contribution is 5.73. The molecule has 0 aromatic heterocycles. The quantitative estimate of drug-likeness (QED) is 0.836. The van der Waals surface area contributed by atoms with E-state index in [0.29, 0.717) is 0 Å². The molecule has 0 spiro atoms. The molecule has 100 valence electrons. The lowest BCUT2D eigenvalue weighted by molar-refractivity contribution is -0.152. The standard InChI is InChI=1S/C15H22O3/c1-9(2)13(15(17)18-5)14(16)12-7-6-10(3)8-11(12)4/h6-9,13-14,16H,1-5H3. The Kier molecular flexibility index (Phi) is 4.91. The number of esters is 1. The van der Waals surface area contributed by atoms with Crippen LogP contribution in [0.5, 0.6) is 0 Å². The number of aliphatic hydroxyl groups excluding tert-OH is 1. The summed E-state index contributed by atoms with van der Waals surface area (Å²) in [4.78, 5) is 11.8. The number of aryl methyl sites for hydroxylation is 2. The Bertz CT molecular complexity index is 424. The molecule has 1 aromatic carbocycles. The van der Waals surface area contributed by atoms with E-state index in [1.807, 2.05) is 45.9 Å². The van der Waals surface area contributed by atoms with Gasteiger partial charge in [0.2, 0.25) is 0 Å². The van der Waals surface area contributed by atoms with Gasteiger partial charge >= 0.3 is 5.97 Å². The van der Waals surface area contributed by atoms with Gasteiger partial charge in [-0.2, -0.15) is 0 Å². The van der Waals surface area contributed by atoms with Crippen molar-refractivity contribution in [2.45, 2.75) is 33.8 Å². The minimum Gasteiger partial charge on any atom is -0.469 e. The molecule has 2 unspecified atom stereocenters. The summed E-state index contributed by atoms with van der Waals surface area (Å²) in [5.41, 5.74) is 2.93. The Morgan fingerprint density at radius 3 is 2.33 bits per heavy atom. The summed E-state index contributed by atoms with van der Waals surface area (Å²) in [6.45, 7) is 7.77. The van der Waals surface area contributed by atoms with Crippen LogP contribution in [0.1, 0.15) is 36.6 Å². The van der Waals surface area contributed by atoms with Crippen LogP contribution >= 0.6 is 0 Å². The van der Waals surface area contributed by atoms with Crippen molar-refractivity contribution in [3.8, 4) is 0 Å². The van der Waals surface area contributed by atoms with E-state index in [0.717, 1.165) is 16.7 Å². The van der Waals surface area contributed by atoms with Crippen LogP contribution in [0.15, 0.2) is 18.2 Å². The molecule has 1 rings (SSSR count). The normalized spacial score (nSPS) is 14.4. The van der Waals surface area contributed by atoms with E-state index in [4.69, 9.17) is 4.74 Å². The summed E-state index contributed by atoms with van der Waals surface area (Å²) in [6, 6.07) is 5.83. The van der Waals surface area contributed by atoms with Gasteiger partial charge in [0.25, 0.3) is 0 Å². The van der Waals surface area contributed by atoms with E-state index in [2.05, 4.69) is 0 Å². The number of benzene rings is 1. The molecule has 0 heterocycles. The van der Waals surface area contributed by atoms with Crippen LogP contribution in [0.25, 0.3) is 0 Å². The highest BCUT2D eigenvalue weighted by Crippen LogP contribution is 2.31. The second-order valence-electron chi connectivity index (χ2n) is 5.10. The zero-order valence-electron chi connectivity index (χ0n) is 11.7. The van der Waals surface area contributed by atoms with Crippen LogP contribution in [0, 0.1) is 25.7 Å². The second-order valence-corrected chi connectivity index (χ2v) is 5.10. The van der Waals surface area contributed by atoms with E-state index in [9.17, 15) is 9.90 Å². The predicted octanol–water partition coefficient (Wildman–Crippen LogP) is 2.78. The lowest BCUT2D eigenvalue weighted by Gasteiger charge is -2.25. The fraction of sp³-hybridized carbons (Fsp3) is 0.533. The molecule has 0 aliphatic carbocycles. The maximum atomic E-state index is 11.8. The van der Waals surface area contributed by atoms with Crippen LogP contribution in [0.3, 0.4) is 0 Å². The van der Waals surface area contributed by atoms with Crippen molar-refractivity contribution in [1.82, 2.24) is 0 Å². The third-order valence-corrected chi connectivity index (χ3v) is 3.28. The average molecular weight is 250 g/mol. The van der Waals surface area contributed by atoms with Gasteiger partial charge in [-0.1, -0.05) is 37.6 Å². The van der Waals surface area contributed by atoms with Gasteiger partial charge in [-0.25, -0.2) is 0 Å². The summed E-state index contributed by atoms with van der Waals surface area (Å²) >= 11 is 0. The van der Waals surface area contributed by atoms with Crippen molar-refractivity contribution < 1.29 is 14.6 Å². The van der Waals surface area contributed by atoms with Gasteiger partial charge in [-0.15, -0.1) is 0 Å². The number of ether oxygens (including phenoxy) is 1. The number of carbonyl (C=O) groups excluding carboxylic acids is 1. The van der Waals surface area contributed by atoms with Crippen molar-refractivity contribution in [3.05, 3.63) is 34.9 Å². The SMILES string of the molecule is COC(=O)C(C(C)C)C(O)c1ccc(C)cc1C. The molecule has 0 radical (unpaired) electrons. The minimum absolute atomic E-state index is 0.0214. The highest BCUT2D eigenvalue weighted by atomic mass is 16.5. The molecule has 2 atom stereocenters. The molecule has 0 bridgehead atoms. The van der Waals surface area contributed by atoms with Crippen molar-refractivity contribution in [3.63, 3.8) is 0 Å². The van der Waals surface area contributed by atoms with Crippen LogP contribution in [-0.4, -0.2) is 18.2 Å². The molecule has 1 aromatic rings. The molecule has 18 heavy (non-hydrogen) atoms. The molecule has 0 aliphatic heterocycles.